The highest BCUT2D eigenvalue weighted by Crippen LogP contribution is 2.31. The van der Waals surface area contributed by atoms with Crippen molar-refractivity contribution in [2.75, 3.05) is 13.1 Å². The standard InChI is InChI=1S/C13H26N2O2/c1-10-3-6-13(17,7-4-10)9-15-12(16)11(2)5-8-14/h10-11,17H,3-9,14H2,1-2H3,(H,15,16). The fourth-order valence-corrected chi connectivity index (χ4v) is 2.28. The number of nitrogens with two attached hydrogens (primary N) is 1. The Morgan fingerprint density at radius 3 is 2.65 bits per heavy atom. The van der Waals surface area contributed by atoms with Crippen LogP contribution in [-0.2, 0) is 4.79 Å². The zero-order valence-corrected chi connectivity index (χ0v) is 11.0. The summed E-state index contributed by atoms with van der Waals surface area (Å²) in [5, 5.41) is 13.2. The van der Waals surface area contributed by atoms with E-state index in [4.69, 9.17) is 5.73 Å². The summed E-state index contributed by atoms with van der Waals surface area (Å²) >= 11 is 0. The van der Waals surface area contributed by atoms with E-state index in [-0.39, 0.29) is 11.8 Å². The number of hydrogen-bond acceptors (Lipinski definition) is 3. The highest BCUT2D eigenvalue weighted by atomic mass is 16.3. The van der Waals surface area contributed by atoms with Crippen molar-refractivity contribution in [3.05, 3.63) is 0 Å². The van der Waals surface area contributed by atoms with E-state index in [1.165, 1.54) is 0 Å². The van der Waals surface area contributed by atoms with Gasteiger partial charge in [-0.25, -0.2) is 0 Å². The number of carbonyl (C=O) groups is 1. The Hall–Kier alpha value is -0.610. The van der Waals surface area contributed by atoms with Crippen LogP contribution in [0.1, 0.15) is 46.0 Å². The summed E-state index contributed by atoms with van der Waals surface area (Å²) in [5.41, 5.74) is 4.73. The number of hydrogen-bond donors (Lipinski definition) is 3. The topological polar surface area (TPSA) is 75.3 Å². The van der Waals surface area contributed by atoms with Crippen LogP contribution in [0, 0.1) is 11.8 Å². The van der Waals surface area contributed by atoms with Gasteiger partial charge < -0.3 is 16.2 Å². The van der Waals surface area contributed by atoms with Crippen LogP contribution in [0.25, 0.3) is 0 Å². The predicted octanol–water partition coefficient (Wildman–Crippen LogP) is 1.03. The van der Waals surface area contributed by atoms with Gasteiger partial charge in [0, 0.05) is 12.5 Å². The summed E-state index contributed by atoms with van der Waals surface area (Å²) in [4.78, 5) is 11.7. The molecule has 0 spiro atoms. The van der Waals surface area contributed by atoms with E-state index in [2.05, 4.69) is 12.2 Å². The maximum absolute atomic E-state index is 11.7. The van der Waals surface area contributed by atoms with Crippen LogP contribution < -0.4 is 11.1 Å². The highest BCUT2D eigenvalue weighted by molar-refractivity contribution is 5.78. The molecule has 4 heteroatoms. The van der Waals surface area contributed by atoms with Crippen molar-refractivity contribution in [1.29, 1.82) is 0 Å². The monoisotopic (exact) mass is 242 g/mol. The van der Waals surface area contributed by atoms with Crippen molar-refractivity contribution >= 4 is 5.91 Å². The summed E-state index contributed by atoms with van der Waals surface area (Å²) in [6, 6.07) is 0. The molecule has 1 rings (SSSR count). The molecule has 0 aromatic rings. The second-order valence-electron chi connectivity index (χ2n) is 5.60. The Labute approximate surface area is 104 Å². The van der Waals surface area contributed by atoms with Gasteiger partial charge in [-0.15, -0.1) is 0 Å². The summed E-state index contributed by atoms with van der Waals surface area (Å²) in [6.07, 6.45) is 4.37. The molecular weight excluding hydrogens is 216 g/mol. The molecule has 0 radical (unpaired) electrons. The Balaban J connectivity index is 2.32. The minimum absolute atomic E-state index is 0.00231. The van der Waals surface area contributed by atoms with Gasteiger partial charge in [0.05, 0.1) is 5.60 Å². The lowest BCUT2D eigenvalue weighted by molar-refractivity contribution is -0.126. The molecule has 1 fully saturated rings. The number of amides is 1. The van der Waals surface area contributed by atoms with E-state index in [0.717, 1.165) is 25.7 Å². The second-order valence-corrected chi connectivity index (χ2v) is 5.60. The van der Waals surface area contributed by atoms with Crippen LogP contribution in [-0.4, -0.2) is 29.7 Å². The van der Waals surface area contributed by atoms with Crippen LogP contribution in [0.5, 0.6) is 0 Å². The maximum atomic E-state index is 11.7. The SMILES string of the molecule is CC1CCC(O)(CNC(=O)C(C)CCN)CC1. The first kappa shape index (κ1) is 14.5. The summed E-state index contributed by atoms with van der Waals surface area (Å²) in [5.74, 6) is 0.635. The molecule has 0 aromatic heterocycles. The second kappa shape index (κ2) is 6.36. The van der Waals surface area contributed by atoms with Crippen molar-refractivity contribution in [3.8, 4) is 0 Å². The minimum Gasteiger partial charge on any atom is -0.388 e. The van der Waals surface area contributed by atoms with Crippen molar-refractivity contribution < 1.29 is 9.90 Å². The molecular formula is C13H26N2O2. The normalized spacial score (nSPS) is 30.9. The molecule has 1 aliphatic carbocycles. The van der Waals surface area contributed by atoms with E-state index >= 15 is 0 Å². The molecule has 0 saturated heterocycles. The van der Waals surface area contributed by atoms with E-state index < -0.39 is 5.60 Å². The minimum atomic E-state index is -0.690. The van der Waals surface area contributed by atoms with Gasteiger partial charge in [0.15, 0.2) is 0 Å². The summed E-state index contributed by atoms with van der Waals surface area (Å²) in [7, 11) is 0. The molecule has 0 heterocycles. The molecule has 1 unspecified atom stereocenters. The Morgan fingerprint density at radius 1 is 1.53 bits per heavy atom. The predicted molar refractivity (Wildman–Crippen MR) is 68.4 cm³/mol. The van der Waals surface area contributed by atoms with Gasteiger partial charge in [0.2, 0.25) is 5.91 Å². The van der Waals surface area contributed by atoms with Gasteiger partial charge in [0.1, 0.15) is 0 Å². The summed E-state index contributed by atoms with van der Waals surface area (Å²) < 4.78 is 0. The van der Waals surface area contributed by atoms with E-state index in [9.17, 15) is 9.90 Å². The molecule has 1 aliphatic rings. The third kappa shape index (κ3) is 4.64. The molecule has 1 saturated carbocycles. The largest absolute Gasteiger partial charge is 0.388 e. The smallest absolute Gasteiger partial charge is 0.222 e. The van der Waals surface area contributed by atoms with E-state index in [1.54, 1.807) is 0 Å². The van der Waals surface area contributed by atoms with Crippen molar-refractivity contribution in [1.82, 2.24) is 5.32 Å². The molecule has 0 aromatic carbocycles. The van der Waals surface area contributed by atoms with Crippen LogP contribution in [0.3, 0.4) is 0 Å². The van der Waals surface area contributed by atoms with Crippen molar-refractivity contribution in [2.45, 2.75) is 51.6 Å². The average molecular weight is 242 g/mol. The van der Waals surface area contributed by atoms with E-state index in [0.29, 0.717) is 25.4 Å². The lowest BCUT2D eigenvalue weighted by Gasteiger charge is -2.35. The molecule has 1 amide bonds. The fraction of sp³-hybridized carbons (Fsp3) is 0.923. The van der Waals surface area contributed by atoms with E-state index in [1.807, 2.05) is 6.92 Å². The average Bonchev–Trinajstić information content (AvgIpc) is 2.31. The van der Waals surface area contributed by atoms with Crippen molar-refractivity contribution in [2.24, 2.45) is 17.6 Å². The quantitative estimate of drug-likeness (QED) is 0.674. The lowest BCUT2D eigenvalue weighted by Crippen LogP contribution is -2.46. The van der Waals surface area contributed by atoms with Crippen LogP contribution in [0.4, 0.5) is 0 Å². The Morgan fingerprint density at radius 2 is 2.12 bits per heavy atom. The zero-order chi connectivity index (χ0) is 12.9. The third-order valence-corrected chi connectivity index (χ3v) is 3.84. The Bertz CT molecular complexity index is 248. The van der Waals surface area contributed by atoms with Crippen LogP contribution in [0.2, 0.25) is 0 Å². The number of aliphatic hydroxyl groups is 1. The van der Waals surface area contributed by atoms with Gasteiger partial charge in [-0.05, 0) is 44.6 Å². The molecule has 17 heavy (non-hydrogen) atoms. The fourth-order valence-electron chi connectivity index (χ4n) is 2.28. The van der Waals surface area contributed by atoms with Gasteiger partial charge in [0.25, 0.3) is 0 Å². The Kier molecular flexibility index (Phi) is 5.40. The first-order chi connectivity index (χ1) is 7.97. The molecule has 1 atom stereocenters. The number of nitrogens with one attached hydrogen (secondary N) is 1. The molecule has 100 valence electrons. The maximum Gasteiger partial charge on any atom is 0.222 e. The van der Waals surface area contributed by atoms with Gasteiger partial charge in [-0.2, -0.15) is 0 Å². The van der Waals surface area contributed by atoms with Crippen molar-refractivity contribution in [3.63, 3.8) is 0 Å². The first-order valence-electron chi connectivity index (χ1n) is 6.67. The van der Waals surface area contributed by atoms with Crippen LogP contribution >= 0.6 is 0 Å². The lowest BCUT2D eigenvalue weighted by atomic mass is 9.79. The first-order valence-corrected chi connectivity index (χ1v) is 6.67. The molecule has 0 bridgehead atoms. The number of carbonyl (C=O) groups excluding carboxylic acids is 1. The zero-order valence-electron chi connectivity index (χ0n) is 11.0. The van der Waals surface area contributed by atoms with Gasteiger partial charge >= 0.3 is 0 Å². The number of rotatable bonds is 5. The van der Waals surface area contributed by atoms with Gasteiger partial charge in [-0.1, -0.05) is 13.8 Å². The third-order valence-electron chi connectivity index (χ3n) is 3.84. The summed E-state index contributed by atoms with van der Waals surface area (Å²) in [6.45, 7) is 4.99. The molecule has 4 nitrogen and oxygen atoms in total. The molecule has 4 N–H and O–H groups in total. The van der Waals surface area contributed by atoms with Gasteiger partial charge in [-0.3, -0.25) is 4.79 Å². The van der Waals surface area contributed by atoms with Crippen LogP contribution in [0.15, 0.2) is 0 Å². The molecule has 0 aliphatic heterocycles. The highest BCUT2D eigenvalue weighted by Gasteiger charge is 2.32.